The van der Waals surface area contributed by atoms with Crippen LogP contribution >= 0.6 is 0 Å². The predicted molar refractivity (Wildman–Crippen MR) is 106 cm³/mol. The zero-order chi connectivity index (χ0) is 20.3. The molecule has 0 aromatic heterocycles. The molecule has 0 atom stereocenters. The van der Waals surface area contributed by atoms with Gasteiger partial charge in [0.2, 0.25) is 15.9 Å². The third-order valence-electron chi connectivity index (χ3n) is 5.06. The van der Waals surface area contributed by atoms with Crippen LogP contribution in [0.4, 0.5) is 4.39 Å². The summed E-state index contributed by atoms with van der Waals surface area (Å²) in [6, 6.07) is 11.5. The van der Waals surface area contributed by atoms with E-state index in [1.807, 2.05) is 13.0 Å². The quantitative estimate of drug-likeness (QED) is 0.770. The first-order valence-electron chi connectivity index (χ1n) is 9.37. The Hall–Kier alpha value is -2.25. The number of nitrogens with zero attached hydrogens (tertiary/aromatic N) is 2. The number of sulfonamides is 1. The average Bonchev–Trinajstić information content (AvgIpc) is 2.66. The summed E-state index contributed by atoms with van der Waals surface area (Å²) in [6.07, 6.45) is 0.755. The van der Waals surface area contributed by atoms with Crippen molar-refractivity contribution in [2.24, 2.45) is 0 Å². The summed E-state index contributed by atoms with van der Waals surface area (Å²) in [5.41, 5.74) is 2.53. The summed E-state index contributed by atoms with van der Waals surface area (Å²) in [7, 11) is -3.56. The number of carbonyl (C=O) groups excluding carboxylic acids is 1. The molecular formula is C21H25FN2O3S. The summed E-state index contributed by atoms with van der Waals surface area (Å²) < 4.78 is 40.5. The highest BCUT2D eigenvalue weighted by Crippen LogP contribution is 2.22. The van der Waals surface area contributed by atoms with Crippen LogP contribution in [0.2, 0.25) is 0 Å². The molecule has 2 aromatic rings. The van der Waals surface area contributed by atoms with Gasteiger partial charge in [0.1, 0.15) is 5.82 Å². The molecule has 0 spiro atoms. The van der Waals surface area contributed by atoms with Crippen LogP contribution in [0.3, 0.4) is 0 Å². The van der Waals surface area contributed by atoms with Gasteiger partial charge in [-0.1, -0.05) is 29.8 Å². The highest BCUT2D eigenvalue weighted by Gasteiger charge is 2.30. The van der Waals surface area contributed by atoms with Crippen molar-refractivity contribution >= 4 is 15.9 Å². The minimum Gasteiger partial charge on any atom is -0.340 e. The van der Waals surface area contributed by atoms with E-state index in [1.54, 1.807) is 36.1 Å². The first-order chi connectivity index (χ1) is 13.3. The van der Waals surface area contributed by atoms with Gasteiger partial charge in [-0.05, 0) is 49.6 Å². The number of hydrogen-bond acceptors (Lipinski definition) is 3. The maximum atomic E-state index is 13.2. The maximum absolute atomic E-state index is 13.2. The van der Waals surface area contributed by atoms with Crippen molar-refractivity contribution in [1.82, 2.24) is 9.21 Å². The zero-order valence-electron chi connectivity index (χ0n) is 16.2. The Labute approximate surface area is 165 Å². The molecule has 1 aliphatic rings. The zero-order valence-corrected chi connectivity index (χ0v) is 17.0. The standard InChI is InChI=1S/C21H25FN2O3S/c1-16-6-8-20(17(2)14-16)28(26,27)24-12-10-23(11-13-24)21(25)9-7-18-4-3-5-19(22)15-18/h3-6,8,14-15H,7,9-13H2,1-2H3. The molecule has 28 heavy (non-hydrogen) atoms. The van der Waals surface area contributed by atoms with Crippen molar-refractivity contribution in [2.75, 3.05) is 26.2 Å². The van der Waals surface area contributed by atoms with Gasteiger partial charge in [0, 0.05) is 32.6 Å². The second-order valence-corrected chi connectivity index (χ2v) is 9.09. The van der Waals surface area contributed by atoms with Crippen molar-refractivity contribution in [3.05, 3.63) is 65.0 Å². The summed E-state index contributed by atoms with van der Waals surface area (Å²) >= 11 is 0. The van der Waals surface area contributed by atoms with Gasteiger partial charge in [0.15, 0.2) is 0 Å². The fourth-order valence-corrected chi connectivity index (χ4v) is 5.14. The summed E-state index contributed by atoms with van der Waals surface area (Å²) in [5.74, 6) is -0.344. The molecule has 150 valence electrons. The van der Waals surface area contributed by atoms with Crippen LogP contribution in [0.25, 0.3) is 0 Å². The van der Waals surface area contributed by atoms with Crippen molar-refractivity contribution in [2.45, 2.75) is 31.6 Å². The van der Waals surface area contributed by atoms with Gasteiger partial charge in [0.25, 0.3) is 0 Å². The smallest absolute Gasteiger partial charge is 0.243 e. The van der Waals surface area contributed by atoms with E-state index in [2.05, 4.69) is 0 Å². The van der Waals surface area contributed by atoms with Gasteiger partial charge in [0.05, 0.1) is 4.90 Å². The minimum atomic E-state index is -3.56. The van der Waals surface area contributed by atoms with E-state index in [4.69, 9.17) is 0 Å². The average molecular weight is 405 g/mol. The molecule has 0 aliphatic carbocycles. The molecule has 0 bridgehead atoms. The van der Waals surface area contributed by atoms with Gasteiger partial charge in [-0.2, -0.15) is 4.31 Å². The molecule has 0 N–H and O–H groups in total. The van der Waals surface area contributed by atoms with E-state index >= 15 is 0 Å². The number of rotatable bonds is 5. The molecule has 3 rings (SSSR count). The van der Waals surface area contributed by atoms with Crippen LogP contribution in [0, 0.1) is 19.7 Å². The Morgan fingerprint density at radius 2 is 1.75 bits per heavy atom. The molecule has 1 fully saturated rings. The first kappa shape index (κ1) is 20.5. The molecule has 2 aromatic carbocycles. The van der Waals surface area contributed by atoms with Gasteiger partial charge >= 0.3 is 0 Å². The van der Waals surface area contributed by atoms with Gasteiger partial charge in [-0.3, -0.25) is 4.79 Å². The predicted octanol–water partition coefficient (Wildman–Crippen LogP) is 2.91. The molecule has 0 radical (unpaired) electrons. The fourth-order valence-electron chi connectivity index (χ4n) is 3.51. The Kier molecular flexibility index (Phi) is 6.15. The van der Waals surface area contributed by atoms with E-state index in [1.165, 1.54) is 16.4 Å². The number of carbonyl (C=O) groups is 1. The van der Waals surface area contributed by atoms with Crippen molar-refractivity contribution in [3.63, 3.8) is 0 Å². The topological polar surface area (TPSA) is 57.7 Å². The Bertz CT molecular complexity index is 967. The van der Waals surface area contributed by atoms with Crippen LogP contribution < -0.4 is 0 Å². The molecule has 1 amide bonds. The maximum Gasteiger partial charge on any atom is 0.243 e. The number of hydrogen-bond donors (Lipinski definition) is 0. The molecule has 5 nitrogen and oxygen atoms in total. The lowest BCUT2D eigenvalue weighted by atomic mass is 10.1. The van der Waals surface area contributed by atoms with Crippen LogP contribution in [-0.2, 0) is 21.2 Å². The van der Waals surface area contributed by atoms with E-state index in [0.29, 0.717) is 24.4 Å². The molecule has 1 heterocycles. The summed E-state index contributed by atoms with van der Waals surface area (Å²) in [4.78, 5) is 14.4. The SMILES string of the molecule is Cc1ccc(S(=O)(=O)N2CCN(C(=O)CCc3cccc(F)c3)CC2)c(C)c1. The first-order valence-corrected chi connectivity index (χ1v) is 10.8. The van der Waals surface area contributed by atoms with Crippen LogP contribution in [-0.4, -0.2) is 49.7 Å². The van der Waals surface area contributed by atoms with E-state index in [0.717, 1.165) is 16.7 Å². The third-order valence-corrected chi connectivity index (χ3v) is 7.12. The highest BCUT2D eigenvalue weighted by molar-refractivity contribution is 7.89. The number of halogens is 1. The second kappa shape index (κ2) is 8.41. The number of piperazine rings is 1. The lowest BCUT2D eigenvalue weighted by Gasteiger charge is -2.34. The van der Waals surface area contributed by atoms with Crippen LogP contribution in [0.5, 0.6) is 0 Å². The molecule has 0 saturated carbocycles. The van der Waals surface area contributed by atoms with E-state index < -0.39 is 10.0 Å². The molecule has 1 aliphatic heterocycles. The highest BCUT2D eigenvalue weighted by atomic mass is 32.2. The lowest BCUT2D eigenvalue weighted by molar-refractivity contribution is -0.132. The van der Waals surface area contributed by atoms with E-state index in [-0.39, 0.29) is 31.2 Å². The lowest BCUT2D eigenvalue weighted by Crippen LogP contribution is -2.50. The van der Waals surface area contributed by atoms with Crippen LogP contribution in [0.15, 0.2) is 47.4 Å². The van der Waals surface area contributed by atoms with Crippen molar-refractivity contribution in [3.8, 4) is 0 Å². The number of benzene rings is 2. The summed E-state index contributed by atoms with van der Waals surface area (Å²) in [6.45, 7) is 5.02. The fraction of sp³-hybridized carbons (Fsp3) is 0.381. The summed E-state index contributed by atoms with van der Waals surface area (Å²) in [5, 5.41) is 0. The van der Waals surface area contributed by atoms with E-state index in [9.17, 15) is 17.6 Å². The Morgan fingerprint density at radius 1 is 1.04 bits per heavy atom. The number of amides is 1. The molecule has 1 saturated heterocycles. The van der Waals surface area contributed by atoms with Gasteiger partial charge in [-0.25, -0.2) is 12.8 Å². The molecular weight excluding hydrogens is 379 g/mol. The van der Waals surface area contributed by atoms with Crippen molar-refractivity contribution < 1.29 is 17.6 Å². The Balaban J connectivity index is 1.58. The van der Waals surface area contributed by atoms with Gasteiger partial charge < -0.3 is 4.90 Å². The normalized spacial score (nSPS) is 15.6. The minimum absolute atomic E-state index is 0.0344. The third kappa shape index (κ3) is 4.59. The largest absolute Gasteiger partial charge is 0.340 e. The second-order valence-electron chi connectivity index (χ2n) is 7.18. The van der Waals surface area contributed by atoms with Crippen molar-refractivity contribution in [1.29, 1.82) is 0 Å². The van der Waals surface area contributed by atoms with Crippen LogP contribution in [0.1, 0.15) is 23.1 Å². The molecule has 0 unspecified atom stereocenters. The van der Waals surface area contributed by atoms with Gasteiger partial charge in [-0.15, -0.1) is 0 Å². The molecule has 7 heteroatoms. The number of aryl methyl sites for hydroxylation is 3. The Morgan fingerprint density at radius 3 is 2.39 bits per heavy atom. The monoisotopic (exact) mass is 404 g/mol.